The van der Waals surface area contributed by atoms with Gasteiger partial charge < -0.3 is 126 Å². The fraction of sp³-hybridized carbons (Fsp3) is 0.870. The van der Waals surface area contributed by atoms with Crippen LogP contribution in [0.15, 0.2) is 0 Å². The molecule has 4 amide bonds. The van der Waals surface area contributed by atoms with E-state index in [0.29, 0.717) is 6.42 Å². The average Bonchev–Trinajstić information content (AvgIpc) is 0.855. The van der Waals surface area contributed by atoms with Crippen molar-refractivity contribution >= 4 is 71.4 Å². The minimum atomic E-state index is -1.77. The van der Waals surface area contributed by atoms with Crippen LogP contribution in [0.1, 0.15) is 270 Å². The van der Waals surface area contributed by atoms with Crippen molar-refractivity contribution in [3.05, 3.63) is 0 Å². The molecule has 0 aromatic carbocycles. The summed E-state index contributed by atoms with van der Waals surface area (Å²) in [6.07, 6.45) is -2.32. The van der Waals surface area contributed by atoms with Crippen LogP contribution in [0.3, 0.4) is 0 Å². The van der Waals surface area contributed by atoms with Gasteiger partial charge in [0, 0.05) is 38.8 Å². The highest BCUT2D eigenvalue weighted by Crippen LogP contribution is 2.23. The van der Waals surface area contributed by atoms with Crippen LogP contribution in [-0.4, -0.2) is 317 Å². The van der Waals surface area contributed by atoms with Crippen molar-refractivity contribution in [1.29, 1.82) is 0 Å². The SMILES string of the molecule is CC(C)(C)CCOCC(COCCC(=O)OC(C)(C)C)(COCCC(=O)OC(C)(C)C)NC(=O)CCOCC(COCCC(=O)NC(COCCC(=O)OC(C)(C)C)(COCCC(=O)OC(C)(C)C)COCCC(=O)OC(C)(C)C)(COCCC(=O)NC(COCCC(=O)OC(C)(C)C)(COCCC(=O)OC(C)(C)C)COCCC(=O)OC(C)(C)C)NC(=O)CCOCCN. The molecule has 130 heavy (non-hydrogen) atoms. The number of carbonyl (C=O) groups excluding carboxylic acids is 12. The van der Waals surface area contributed by atoms with Crippen molar-refractivity contribution in [2.75, 3.05) is 178 Å². The summed E-state index contributed by atoms with van der Waals surface area (Å²) in [6.45, 7) is 40.8. The number of carbonyl (C=O) groups is 12. The van der Waals surface area contributed by atoms with Gasteiger partial charge in [-0.25, -0.2) is 0 Å². The third kappa shape index (κ3) is 71.7. The minimum absolute atomic E-state index is 0.104. The van der Waals surface area contributed by atoms with Gasteiger partial charge in [0.15, 0.2) is 0 Å². The maximum absolute atomic E-state index is 14.7. The molecule has 0 heterocycles. The fourth-order valence-electron chi connectivity index (χ4n) is 11.2. The third-order valence-electron chi connectivity index (χ3n) is 16.3. The van der Waals surface area contributed by atoms with Crippen molar-refractivity contribution in [1.82, 2.24) is 21.3 Å². The summed E-state index contributed by atoms with van der Waals surface area (Å²) in [4.78, 5) is 162. The highest BCUT2D eigenvalue weighted by Gasteiger charge is 2.40. The lowest BCUT2D eigenvalue weighted by molar-refractivity contribution is -0.159. The van der Waals surface area contributed by atoms with E-state index in [1.54, 1.807) is 166 Å². The van der Waals surface area contributed by atoms with Gasteiger partial charge in [-0.15, -0.1) is 0 Å². The molecule has 0 spiro atoms. The molecule has 0 radical (unpaired) electrons. The van der Waals surface area contributed by atoms with Crippen molar-refractivity contribution in [2.45, 2.75) is 337 Å². The number of esters is 8. The number of nitrogens with two attached hydrogens (primary N) is 1. The molecule has 0 aromatic heterocycles. The summed E-state index contributed by atoms with van der Waals surface area (Å²) in [7, 11) is 0. The van der Waals surface area contributed by atoms with Gasteiger partial charge in [0.25, 0.3) is 0 Å². The Hall–Kier alpha value is -6.92. The summed E-state index contributed by atoms with van der Waals surface area (Å²) >= 11 is 0. The Morgan fingerprint density at radius 1 is 0.185 bits per heavy atom. The molecule has 6 N–H and O–H groups in total. The second kappa shape index (κ2) is 60.4. The van der Waals surface area contributed by atoms with Crippen LogP contribution in [0, 0.1) is 5.41 Å². The van der Waals surface area contributed by atoms with Crippen LogP contribution in [0.4, 0.5) is 0 Å². The Bertz CT molecular complexity index is 2970. The Balaban J connectivity index is 8.39. The summed E-state index contributed by atoms with van der Waals surface area (Å²) in [5, 5.41) is 11.9. The maximum Gasteiger partial charge on any atom is 0.308 e. The molecule has 0 aliphatic rings. The van der Waals surface area contributed by atoms with E-state index < -0.39 is 184 Å². The normalized spacial score (nSPS) is 12.9. The second-order valence-corrected chi connectivity index (χ2v) is 41.3. The van der Waals surface area contributed by atoms with E-state index in [1.807, 2.05) is 20.8 Å². The van der Waals surface area contributed by atoms with Crippen molar-refractivity contribution in [3.8, 4) is 0 Å². The average molecular weight is 1870 g/mol. The van der Waals surface area contributed by atoms with Gasteiger partial charge in [-0.3, -0.25) is 57.5 Å². The number of amides is 4. The predicted octanol–water partition coefficient (Wildman–Crippen LogP) is 8.43. The first-order chi connectivity index (χ1) is 59.8. The number of rotatable bonds is 68. The van der Waals surface area contributed by atoms with Crippen LogP contribution in [0.2, 0.25) is 0 Å². The monoisotopic (exact) mass is 1870 g/mol. The van der Waals surface area contributed by atoms with Crippen LogP contribution >= 0.6 is 0 Å². The van der Waals surface area contributed by atoms with Crippen LogP contribution < -0.4 is 27.0 Å². The van der Waals surface area contributed by atoms with Gasteiger partial charge in [-0.05, 0) is 178 Å². The zero-order valence-electron chi connectivity index (χ0n) is 83.8. The maximum atomic E-state index is 14.7. The smallest absolute Gasteiger partial charge is 0.308 e. The molecule has 0 saturated carbocycles. The number of ether oxygens (including phenoxy) is 21. The molecule has 38 nitrogen and oxygen atoms in total. The Morgan fingerprint density at radius 3 is 0.446 bits per heavy atom. The van der Waals surface area contributed by atoms with Crippen molar-refractivity contribution in [3.63, 3.8) is 0 Å². The van der Waals surface area contributed by atoms with E-state index in [1.165, 1.54) is 0 Å². The van der Waals surface area contributed by atoms with Gasteiger partial charge in [0.2, 0.25) is 23.6 Å². The summed E-state index contributed by atoms with van der Waals surface area (Å²) < 4.78 is 124. The lowest BCUT2D eigenvalue weighted by Crippen LogP contribution is -2.60. The Labute approximate surface area is 773 Å². The molecule has 0 saturated heterocycles. The lowest BCUT2D eigenvalue weighted by Gasteiger charge is -2.36. The van der Waals surface area contributed by atoms with Crippen LogP contribution in [0.25, 0.3) is 0 Å². The fourth-order valence-corrected chi connectivity index (χ4v) is 11.2. The third-order valence-corrected chi connectivity index (χ3v) is 16.3. The summed E-state index contributed by atoms with van der Waals surface area (Å²) in [5.74, 6) is -7.06. The number of hydrogen-bond donors (Lipinski definition) is 5. The molecule has 38 heteroatoms. The van der Waals surface area contributed by atoms with E-state index in [9.17, 15) is 57.5 Å². The lowest BCUT2D eigenvalue weighted by atomic mass is 9.93. The van der Waals surface area contributed by atoms with E-state index in [4.69, 9.17) is 105 Å². The Kier molecular flexibility index (Phi) is 57.2. The van der Waals surface area contributed by atoms with E-state index >= 15 is 0 Å². The molecular formula is C92H167N5O33. The first kappa shape index (κ1) is 123. The standard InChI is InChI=1S/C92H167N5O33/c1-80(2,3)40-54-122-67-92(65-120-52-38-78(108)129-87(22,23)24,66-121-53-39-79(109)130-88(25,26)27)97-71(101)31-45-113-58-89(94-68(98)28-42-110-55-41-93,56-111-43-29-69(99)95-90(59-114-46-32-72(102)123-81(4,5)6,60-115-47-33-73(103)124-82(7,8)9)61-116-48-34-74(104)125-83(10,11)12)57-112-44-30-70(100)96-91(62-117-49-35-75(105)126-84(13,14)15,63-118-50-36-76(106)127-85(16,17)18)64-119-51-37-77(107)128-86(19,20)21/h28-67,93H2,1-27H3,(H,94,98)(H,95,99)(H,96,100)(H,97,101). The van der Waals surface area contributed by atoms with E-state index in [0.717, 1.165) is 0 Å². The predicted molar refractivity (Wildman–Crippen MR) is 479 cm³/mol. The van der Waals surface area contributed by atoms with Gasteiger partial charge in [0.05, 0.1) is 217 Å². The quantitative estimate of drug-likeness (QED) is 0.0216. The van der Waals surface area contributed by atoms with E-state index in [2.05, 4.69) is 21.3 Å². The van der Waals surface area contributed by atoms with Crippen molar-refractivity contribution < 1.29 is 157 Å². The molecular weight excluding hydrogens is 1700 g/mol. The van der Waals surface area contributed by atoms with Gasteiger partial charge >= 0.3 is 47.8 Å². The summed E-state index contributed by atoms with van der Waals surface area (Å²) in [6, 6.07) is 0. The molecule has 0 bridgehead atoms. The van der Waals surface area contributed by atoms with Crippen LogP contribution in [0.5, 0.6) is 0 Å². The highest BCUT2D eigenvalue weighted by molar-refractivity contribution is 5.79. The molecule has 0 rings (SSSR count). The molecule has 0 aliphatic heterocycles. The molecule has 0 aliphatic carbocycles. The first-order valence-electron chi connectivity index (χ1n) is 45.0. The first-order valence-corrected chi connectivity index (χ1v) is 45.0. The molecule has 0 aromatic rings. The van der Waals surface area contributed by atoms with Gasteiger partial charge in [-0.1, -0.05) is 20.8 Å². The zero-order chi connectivity index (χ0) is 99.4. The molecule has 0 atom stereocenters. The van der Waals surface area contributed by atoms with E-state index in [-0.39, 0.29) is 215 Å². The number of hydrogen-bond acceptors (Lipinski definition) is 34. The van der Waals surface area contributed by atoms with Gasteiger partial charge in [-0.2, -0.15) is 0 Å². The number of nitrogens with one attached hydrogen (secondary N) is 4. The molecule has 0 unspecified atom stereocenters. The minimum Gasteiger partial charge on any atom is -0.460 e. The molecule has 758 valence electrons. The largest absolute Gasteiger partial charge is 0.460 e. The van der Waals surface area contributed by atoms with Gasteiger partial charge in [0.1, 0.15) is 67.0 Å². The van der Waals surface area contributed by atoms with Crippen LogP contribution in [-0.2, 0) is 157 Å². The zero-order valence-corrected chi connectivity index (χ0v) is 83.8. The highest BCUT2D eigenvalue weighted by atomic mass is 16.6. The Morgan fingerprint density at radius 2 is 0.315 bits per heavy atom. The second-order valence-electron chi connectivity index (χ2n) is 41.3. The topological polar surface area (TPSA) is 473 Å². The molecule has 0 fully saturated rings. The van der Waals surface area contributed by atoms with Crippen molar-refractivity contribution in [2.24, 2.45) is 11.1 Å². The summed E-state index contributed by atoms with van der Waals surface area (Å²) in [5.41, 5.74) is -7.29.